The highest BCUT2D eigenvalue weighted by atomic mass is 16.5. The fourth-order valence-corrected chi connectivity index (χ4v) is 2.24. The van der Waals surface area contributed by atoms with Crippen molar-refractivity contribution in [1.29, 1.82) is 0 Å². The Morgan fingerprint density at radius 3 is 2.15 bits per heavy atom. The Hall–Kier alpha value is -2.46. The Morgan fingerprint density at radius 1 is 1.07 bits per heavy atom. The minimum Gasteiger partial charge on any atom is -0.465 e. The van der Waals surface area contributed by atoms with Gasteiger partial charge in [-0.15, -0.1) is 0 Å². The van der Waals surface area contributed by atoms with Crippen LogP contribution >= 0.6 is 0 Å². The van der Waals surface area contributed by atoms with E-state index in [0.717, 1.165) is 17.1 Å². The Morgan fingerprint density at radius 2 is 1.63 bits per heavy atom. The van der Waals surface area contributed by atoms with Crippen LogP contribution in [0.5, 0.6) is 0 Å². The third kappa shape index (κ3) is 8.18. The quantitative estimate of drug-likeness (QED) is 0.374. The Labute approximate surface area is 158 Å². The van der Waals surface area contributed by atoms with Crippen LogP contribution in [-0.2, 0) is 23.9 Å². The van der Waals surface area contributed by atoms with Gasteiger partial charge >= 0.3 is 6.09 Å². The molecule has 0 aromatic heterocycles. The number of nitrogens with one attached hydrogen (secondary N) is 1. The number of carbonyl (C=O) groups is 4. The van der Waals surface area contributed by atoms with Crippen molar-refractivity contribution in [2.45, 2.75) is 26.3 Å². The second kappa shape index (κ2) is 10.6. The zero-order valence-corrected chi connectivity index (χ0v) is 15.9. The minimum absolute atomic E-state index is 0.235. The first kappa shape index (κ1) is 22.6. The SMILES string of the molecule is CC(C)(C)N(CCOCCOCCNC(=O)CN1C(=O)C=CC1=O)C(=O)O. The zero-order valence-electron chi connectivity index (χ0n) is 15.9. The molecule has 0 aromatic carbocycles. The monoisotopic (exact) mass is 385 g/mol. The average Bonchev–Trinajstić information content (AvgIpc) is 2.87. The van der Waals surface area contributed by atoms with E-state index in [1.165, 1.54) is 4.90 Å². The third-order valence-electron chi connectivity index (χ3n) is 3.64. The summed E-state index contributed by atoms with van der Waals surface area (Å²) in [5.41, 5.74) is -0.496. The van der Waals surface area contributed by atoms with Gasteiger partial charge in [-0.25, -0.2) is 4.79 Å². The van der Waals surface area contributed by atoms with Gasteiger partial charge in [0.2, 0.25) is 5.91 Å². The topological polar surface area (TPSA) is 125 Å². The van der Waals surface area contributed by atoms with Crippen LogP contribution in [0, 0.1) is 0 Å². The molecule has 1 aliphatic heterocycles. The maximum absolute atomic E-state index is 11.6. The lowest BCUT2D eigenvalue weighted by Gasteiger charge is -2.32. The van der Waals surface area contributed by atoms with Crippen LogP contribution in [-0.4, -0.2) is 90.3 Å². The summed E-state index contributed by atoms with van der Waals surface area (Å²) in [5.74, 6) is -1.45. The van der Waals surface area contributed by atoms with Gasteiger partial charge in [-0.3, -0.25) is 19.3 Å². The van der Waals surface area contributed by atoms with Crippen molar-refractivity contribution >= 4 is 23.8 Å². The van der Waals surface area contributed by atoms with Crippen LogP contribution in [0.4, 0.5) is 4.79 Å². The smallest absolute Gasteiger partial charge is 0.407 e. The van der Waals surface area contributed by atoms with Crippen LogP contribution in [0.2, 0.25) is 0 Å². The highest BCUT2D eigenvalue weighted by molar-refractivity contribution is 6.14. The van der Waals surface area contributed by atoms with Gasteiger partial charge < -0.3 is 24.8 Å². The summed E-state index contributed by atoms with van der Waals surface area (Å²) in [6.07, 6.45) is 1.25. The van der Waals surface area contributed by atoms with Gasteiger partial charge in [0.25, 0.3) is 11.8 Å². The fraction of sp³-hybridized carbons (Fsp3) is 0.647. The number of amides is 4. The number of rotatable bonds is 11. The van der Waals surface area contributed by atoms with Crippen molar-refractivity contribution in [3.63, 3.8) is 0 Å². The van der Waals surface area contributed by atoms with E-state index in [4.69, 9.17) is 14.6 Å². The van der Waals surface area contributed by atoms with E-state index >= 15 is 0 Å². The van der Waals surface area contributed by atoms with Crippen LogP contribution in [0.1, 0.15) is 20.8 Å². The van der Waals surface area contributed by atoms with Crippen molar-refractivity contribution in [2.24, 2.45) is 0 Å². The molecule has 0 radical (unpaired) electrons. The molecule has 1 rings (SSSR count). The first-order valence-corrected chi connectivity index (χ1v) is 8.59. The van der Waals surface area contributed by atoms with Gasteiger partial charge in [0, 0.05) is 30.8 Å². The molecule has 4 amide bonds. The summed E-state index contributed by atoms with van der Waals surface area (Å²) in [6, 6.07) is 0. The van der Waals surface area contributed by atoms with E-state index in [9.17, 15) is 19.2 Å². The number of carbonyl (C=O) groups excluding carboxylic acids is 3. The lowest BCUT2D eigenvalue weighted by Crippen LogP contribution is -2.46. The van der Waals surface area contributed by atoms with Gasteiger partial charge in [0.1, 0.15) is 6.54 Å². The summed E-state index contributed by atoms with van der Waals surface area (Å²) in [6.45, 7) is 6.71. The number of hydrogen-bond donors (Lipinski definition) is 2. The fourth-order valence-electron chi connectivity index (χ4n) is 2.24. The van der Waals surface area contributed by atoms with Gasteiger partial charge in [-0.05, 0) is 20.8 Å². The molecule has 0 saturated carbocycles. The predicted octanol–water partition coefficient (Wildman–Crippen LogP) is -0.161. The summed E-state index contributed by atoms with van der Waals surface area (Å²) in [7, 11) is 0. The van der Waals surface area contributed by atoms with Crippen LogP contribution in [0.3, 0.4) is 0 Å². The van der Waals surface area contributed by atoms with E-state index in [2.05, 4.69) is 5.32 Å². The molecule has 0 saturated heterocycles. The molecule has 152 valence electrons. The number of ether oxygens (including phenoxy) is 2. The largest absolute Gasteiger partial charge is 0.465 e. The second-order valence-electron chi connectivity index (χ2n) is 6.78. The van der Waals surface area contributed by atoms with E-state index in [0.29, 0.717) is 13.2 Å². The summed E-state index contributed by atoms with van der Waals surface area (Å²) in [5, 5.41) is 11.7. The standard InChI is InChI=1S/C17H27N3O7/c1-17(2,3)20(16(24)25)7-9-27-11-10-26-8-6-18-13(21)12-19-14(22)4-5-15(19)23/h4-5H,6-12H2,1-3H3,(H,18,21)(H,24,25). The van der Waals surface area contributed by atoms with Gasteiger partial charge in [-0.2, -0.15) is 0 Å². The summed E-state index contributed by atoms with van der Waals surface area (Å²) < 4.78 is 10.6. The van der Waals surface area contributed by atoms with E-state index in [1.54, 1.807) is 0 Å². The van der Waals surface area contributed by atoms with Crippen molar-refractivity contribution in [3.8, 4) is 0 Å². The molecule has 0 fully saturated rings. The van der Waals surface area contributed by atoms with Crippen LogP contribution < -0.4 is 5.32 Å². The van der Waals surface area contributed by atoms with Crippen molar-refractivity contribution in [1.82, 2.24) is 15.1 Å². The lowest BCUT2D eigenvalue weighted by molar-refractivity contribution is -0.141. The Bertz CT molecular complexity index is 566. The zero-order chi connectivity index (χ0) is 20.4. The van der Waals surface area contributed by atoms with Crippen molar-refractivity contribution in [3.05, 3.63) is 12.2 Å². The molecule has 0 atom stereocenters. The molecule has 1 heterocycles. The van der Waals surface area contributed by atoms with Crippen molar-refractivity contribution < 1.29 is 33.8 Å². The van der Waals surface area contributed by atoms with Gasteiger partial charge in [0.15, 0.2) is 0 Å². The molecule has 27 heavy (non-hydrogen) atoms. The molecule has 10 nitrogen and oxygen atoms in total. The van der Waals surface area contributed by atoms with E-state index < -0.39 is 29.4 Å². The van der Waals surface area contributed by atoms with Crippen LogP contribution in [0.25, 0.3) is 0 Å². The number of nitrogens with zero attached hydrogens (tertiary/aromatic N) is 2. The maximum Gasteiger partial charge on any atom is 0.407 e. The Kier molecular flexibility index (Phi) is 8.89. The first-order valence-electron chi connectivity index (χ1n) is 8.59. The molecular weight excluding hydrogens is 358 g/mol. The Balaban J connectivity index is 2.03. The number of carboxylic acid groups (broad SMARTS) is 1. The maximum atomic E-state index is 11.6. The molecule has 1 aliphatic rings. The molecule has 0 unspecified atom stereocenters. The number of imide groups is 1. The molecule has 0 aliphatic carbocycles. The van der Waals surface area contributed by atoms with Crippen LogP contribution in [0.15, 0.2) is 12.2 Å². The number of hydrogen-bond acceptors (Lipinski definition) is 6. The minimum atomic E-state index is -0.994. The van der Waals surface area contributed by atoms with E-state index in [1.807, 2.05) is 20.8 Å². The lowest BCUT2D eigenvalue weighted by atomic mass is 10.1. The van der Waals surface area contributed by atoms with Crippen molar-refractivity contribution in [2.75, 3.05) is 46.1 Å². The van der Waals surface area contributed by atoms with E-state index in [-0.39, 0.29) is 32.8 Å². The summed E-state index contributed by atoms with van der Waals surface area (Å²) in [4.78, 5) is 47.6. The average molecular weight is 385 g/mol. The predicted molar refractivity (Wildman–Crippen MR) is 95.0 cm³/mol. The molecular formula is C17H27N3O7. The van der Waals surface area contributed by atoms with Gasteiger partial charge in [0.05, 0.1) is 26.4 Å². The highest BCUT2D eigenvalue weighted by Crippen LogP contribution is 2.12. The molecule has 0 bridgehead atoms. The molecule has 0 aromatic rings. The van der Waals surface area contributed by atoms with Gasteiger partial charge in [-0.1, -0.05) is 0 Å². The second-order valence-corrected chi connectivity index (χ2v) is 6.78. The molecule has 2 N–H and O–H groups in total. The highest BCUT2D eigenvalue weighted by Gasteiger charge is 2.26. The molecule has 10 heteroatoms. The molecule has 0 spiro atoms. The third-order valence-corrected chi connectivity index (χ3v) is 3.64. The summed E-state index contributed by atoms with van der Waals surface area (Å²) >= 11 is 0. The first-order chi connectivity index (χ1) is 12.6. The normalized spacial score (nSPS) is 14.0.